The Labute approximate surface area is 120 Å². The first-order valence-electron chi connectivity index (χ1n) is 6.38. The molecule has 0 fully saturated rings. The Bertz CT molecular complexity index is 366. The van der Waals surface area contributed by atoms with Crippen molar-refractivity contribution in [3.05, 3.63) is 28.8 Å². The second-order valence-electron chi connectivity index (χ2n) is 4.28. The minimum Gasteiger partial charge on any atom is -0.383 e. The van der Waals surface area contributed by atoms with Crippen molar-refractivity contribution in [3.8, 4) is 0 Å². The summed E-state index contributed by atoms with van der Waals surface area (Å²) in [6.45, 7) is 3.78. The van der Waals surface area contributed by atoms with Crippen molar-refractivity contribution >= 4 is 17.3 Å². The number of ether oxygens (including phenoxy) is 2. The number of rotatable bonds is 9. The molecule has 0 amide bonds. The number of benzene rings is 1. The van der Waals surface area contributed by atoms with E-state index in [4.69, 9.17) is 21.1 Å². The molecule has 1 aromatic rings. The largest absolute Gasteiger partial charge is 0.383 e. The Kier molecular flexibility index (Phi) is 7.82. The van der Waals surface area contributed by atoms with E-state index in [1.54, 1.807) is 14.2 Å². The molecule has 0 heterocycles. The highest BCUT2D eigenvalue weighted by atomic mass is 35.5. The molecule has 4 nitrogen and oxygen atoms in total. The molecule has 0 aromatic heterocycles. The van der Waals surface area contributed by atoms with Gasteiger partial charge in [-0.1, -0.05) is 17.7 Å². The molecule has 0 saturated heterocycles. The van der Waals surface area contributed by atoms with Gasteiger partial charge in [-0.05, 0) is 24.7 Å². The molecule has 5 heteroatoms. The molecule has 0 aliphatic carbocycles. The first kappa shape index (κ1) is 16.2. The third-order valence-electron chi connectivity index (χ3n) is 2.90. The van der Waals surface area contributed by atoms with Gasteiger partial charge in [0.05, 0.1) is 13.2 Å². The molecule has 1 aromatic carbocycles. The highest BCUT2D eigenvalue weighted by molar-refractivity contribution is 6.31. The fourth-order valence-electron chi connectivity index (χ4n) is 1.84. The summed E-state index contributed by atoms with van der Waals surface area (Å²) in [6.07, 6.45) is 0. The van der Waals surface area contributed by atoms with Crippen LogP contribution in [-0.4, -0.2) is 47.6 Å². The topological polar surface area (TPSA) is 33.7 Å². The van der Waals surface area contributed by atoms with E-state index in [-0.39, 0.29) is 0 Å². The normalized spacial score (nSPS) is 10.7. The monoisotopic (exact) mass is 286 g/mol. The van der Waals surface area contributed by atoms with Crippen molar-refractivity contribution in [1.82, 2.24) is 5.32 Å². The van der Waals surface area contributed by atoms with E-state index >= 15 is 0 Å². The Morgan fingerprint density at radius 2 is 1.79 bits per heavy atom. The molecular weight excluding hydrogens is 264 g/mol. The molecular formula is C14H23ClN2O2. The Morgan fingerprint density at radius 3 is 2.26 bits per heavy atom. The van der Waals surface area contributed by atoms with Crippen LogP contribution in [0, 0.1) is 0 Å². The van der Waals surface area contributed by atoms with Gasteiger partial charge in [-0.3, -0.25) is 0 Å². The van der Waals surface area contributed by atoms with E-state index in [1.165, 1.54) is 0 Å². The molecule has 0 atom stereocenters. The molecule has 0 aliphatic rings. The van der Waals surface area contributed by atoms with Crippen molar-refractivity contribution in [3.63, 3.8) is 0 Å². The summed E-state index contributed by atoms with van der Waals surface area (Å²) >= 11 is 6.29. The highest BCUT2D eigenvalue weighted by Crippen LogP contribution is 2.23. The zero-order valence-corrected chi connectivity index (χ0v) is 12.7. The molecule has 0 unspecified atom stereocenters. The van der Waals surface area contributed by atoms with Gasteiger partial charge in [-0.2, -0.15) is 0 Å². The minimum absolute atomic E-state index is 0.680. The van der Waals surface area contributed by atoms with Crippen molar-refractivity contribution in [2.24, 2.45) is 0 Å². The summed E-state index contributed by atoms with van der Waals surface area (Å²) in [6, 6.07) is 6.14. The van der Waals surface area contributed by atoms with Crippen LogP contribution in [0.15, 0.2) is 18.2 Å². The molecule has 1 N–H and O–H groups in total. The van der Waals surface area contributed by atoms with Crippen molar-refractivity contribution in [1.29, 1.82) is 0 Å². The smallest absolute Gasteiger partial charge is 0.0637 e. The SMILES string of the molecule is CNCc1ccc(N(CCOC)CCOC)cc1Cl. The summed E-state index contributed by atoms with van der Waals surface area (Å²) in [5.41, 5.74) is 2.20. The number of halogens is 1. The minimum atomic E-state index is 0.680. The van der Waals surface area contributed by atoms with Gasteiger partial charge >= 0.3 is 0 Å². The van der Waals surface area contributed by atoms with Crippen LogP contribution in [0.25, 0.3) is 0 Å². The van der Waals surface area contributed by atoms with Gasteiger partial charge in [-0.15, -0.1) is 0 Å². The van der Waals surface area contributed by atoms with Crippen LogP contribution in [0.4, 0.5) is 5.69 Å². The fourth-order valence-corrected chi connectivity index (χ4v) is 2.08. The Balaban J connectivity index is 2.79. The van der Waals surface area contributed by atoms with Gasteiger partial charge < -0.3 is 19.7 Å². The van der Waals surface area contributed by atoms with Crippen LogP contribution in [0.5, 0.6) is 0 Å². The first-order valence-corrected chi connectivity index (χ1v) is 6.76. The Hall–Kier alpha value is -0.810. The quantitative estimate of drug-likeness (QED) is 0.754. The van der Waals surface area contributed by atoms with E-state index < -0.39 is 0 Å². The maximum Gasteiger partial charge on any atom is 0.0637 e. The number of anilines is 1. The van der Waals surface area contributed by atoms with Gasteiger partial charge in [0.2, 0.25) is 0 Å². The number of nitrogens with one attached hydrogen (secondary N) is 1. The molecule has 0 radical (unpaired) electrons. The summed E-state index contributed by atoms with van der Waals surface area (Å²) in [5, 5.41) is 3.89. The van der Waals surface area contributed by atoms with Crippen molar-refractivity contribution in [2.45, 2.75) is 6.54 Å². The summed E-state index contributed by atoms with van der Waals surface area (Å²) in [7, 11) is 5.32. The van der Waals surface area contributed by atoms with Gasteiger partial charge in [0, 0.05) is 44.6 Å². The van der Waals surface area contributed by atoms with Crippen LogP contribution >= 0.6 is 11.6 Å². The lowest BCUT2D eigenvalue weighted by Gasteiger charge is -2.25. The van der Waals surface area contributed by atoms with E-state index in [0.29, 0.717) is 13.2 Å². The van der Waals surface area contributed by atoms with Crippen molar-refractivity contribution in [2.75, 3.05) is 52.5 Å². The molecule has 108 valence electrons. The van der Waals surface area contributed by atoms with Crippen molar-refractivity contribution < 1.29 is 9.47 Å². The number of hydrogen-bond acceptors (Lipinski definition) is 4. The average Bonchev–Trinajstić information content (AvgIpc) is 2.41. The number of hydrogen-bond donors (Lipinski definition) is 1. The zero-order chi connectivity index (χ0) is 14.1. The highest BCUT2D eigenvalue weighted by Gasteiger charge is 2.08. The van der Waals surface area contributed by atoms with Gasteiger partial charge in [0.15, 0.2) is 0 Å². The maximum atomic E-state index is 6.29. The predicted molar refractivity (Wildman–Crippen MR) is 80.2 cm³/mol. The van der Waals surface area contributed by atoms with E-state index in [1.807, 2.05) is 13.1 Å². The van der Waals surface area contributed by atoms with E-state index in [9.17, 15) is 0 Å². The summed E-state index contributed by atoms with van der Waals surface area (Å²) in [4.78, 5) is 2.21. The maximum absolute atomic E-state index is 6.29. The molecule has 0 spiro atoms. The van der Waals surface area contributed by atoms with Crippen LogP contribution in [0.2, 0.25) is 5.02 Å². The zero-order valence-electron chi connectivity index (χ0n) is 11.9. The van der Waals surface area contributed by atoms with Crippen LogP contribution in [0.1, 0.15) is 5.56 Å². The second-order valence-corrected chi connectivity index (χ2v) is 4.69. The molecule has 0 bridgehead atoms. The summed E-state index contributed by atoms with van der Waals surface area (Å²) in [5.74, 6) is 0. The molecule has 0 aliphatic heterocycles. The Morgan fingerprint density at radius 1 is 1.16 bits per heavy atom. The molecule has 19 heavy (non-hydrogen) atoms. The average molecular weight is 287 g/mol. The van der Waals surface area contributed by atoms with Crippen LogP contribution in [0.3, 0.4) is 0 Å². The second kappa shape index (κ2) is 9.15. The standard InChI is InChI=1S/C14H23ClN2O2/c1-16-11-12-4-5-13(10-14(12)15)17(6-8-18-2)7-9-19-3/h4-5,10,16H,6-9,11H2,1-3H3. The predicted octanol–water partition coefficient (Wildman–Crippen LogP) is 2.16. The third kappa shape index (κ3) is 5.37. The van der Waals surface area contributed by atoms with E-state index in [2.05, 4.69) is 22.3 Å². The van der Waals surface area contributed by atoms with Gasteiger partial charge in [0.1, 0.15) is 0 Å². The molecule has 1 rings (SSSR count). The lowest BCUT2D eigenvalue weighted by atomic mass is 10.2. The van der Waals surface area contributed by atoms with Crippen LogP contribution < -0.4 is 10.2 Å². The number of methoxy groups -OCH3 is 2. The number of nitrogens with zero attached hydrogens (tertiary/aromatic N) is 1. The van der Waals surface area contributed by atoms with Crippen LogP contribution in [-0.2, 0) is 16.0 Å². The van der Waals surface area contributed by atoms with Gasteiger partial charge in [0.25, 0.3) is 0 Å². The lowest BCUT2D eigenvalue weighted by Crippen LogP contribution is -2.30. The molecule has 0 saturated carbocycles. The van der Waals surface area contributed by atoms with Gasteiger partial charge in [-0.25, -0.2) is 0 Å². The summed E-state index contributed by atoms with van der Waals surface area (Å²) < 4.78 is 10.3. The first-order chi connectivity index (χ1) is 9.22. The lowest BCUT2D eigenvalue weighted by molar-refractivity contribution is 0.190. The van der Waals surface area contributed by atoms with E-state index in [0.717, 1.165) is 35.9 Å². The fraction of sp³-hybridized carbons (Fsp3) is 0.571. The third-order valence-corrected chi connectivity index (χ3v) is 3.25.